The molecule has 0 bridgehead atoms. The lowest BCUT2D eigenvalue weighted by Crippen LogP contribution is -2.12. The highest BCUT2D eigenvalue weighted by Gasteiger charge is 2.04. The first-order chi connectivity index (χ1) is 17.0. The summed E-state index contributed by atoms with van der Waals surface area (Å²) in [4.78, 5) is 47.3. The summed E-state index contributed by atoms with van der Waals surface area (Å²) in [6.07, 6.45) is 7.28. The van der Waals surface area contributed by atoms with Crippen LogP contribution in [-0.4, -0.2) is 32.1 Å². The molecule has 1 amide bonds. The minimum absolute atomic E-state index is 0.130. The van der Waals surface area contributed by atoms with Gasteiger partial charge in [-0.05, 0) is 48.5 Å². The molecular weight excluding hydrogens is 444 g/mol. The number of carbonyl (C=O) groups excluding carboxylic acids is 2. The standard InChI is InChI=1S/C13H9N3O.C7H8N2O.C6H5NO/c17-13-10-5-1-2-6-11(10)15-12(16-13)9-4-3-7-14-8-9;8-6-4-2-1-3-5(6)7(9)10;8-5-6-2-1-3-7-4-6/h1-8H,(H,15,16,17);1-4H,8H2,(H2,9,10);1-5H. The van der Waals surface area contributed by atoms with Crippen LogP contribution in [0.15, 0.2) is 102 Å². The minimum atomic E-state index is -0.488. The fourth-order valence-electron chi connectivity index (χ4n) is 2.89. The Morgan fingerprint density at radius 3 is 2.11 bits per heavy atom. The second-order valence-electron chi connectivity index (χ2n) is 7.03. The Morgan fingerprint density at radius 2 is 1.54 bits per heavy atom. The number of para-hydroxylation sites is 2. The van der Waals surface area contributed by atoms with Gasteiger partial charge in [0, 0.05) is 41.6 Å². The van der Waals surface area contributed by atoms with Crippen LogP contribution in [-0.2, 0) is 0 Å². The number of fused-ring (bicyclic) bond motifs is 1. The number of aromatic nitrogens is 4. The lowest BCUT2D eigenvalue weighted by molar-refractivity contribution is 0.100. The summed E-state index contributed by atoms with van der Waals surface area (Å²) in [5.41, 5.74) is 13.2. The van der Waals surface area contributed by atoms with Gasteiger partial charge in [0.1, 0.15) is 5.82 Å². The van der Waals surface area contributed by atoms with Gasteiger partial charge in [0.2, 0.25) is 0 Å². The number of hydrogen-bond acceptors (Lipinski definition) is 7. The molecule has 174 valence electrons. The van der Waals surface area contributed by atoms with Crippen LogP contribution >= 0.6 is 0 Å². The number of nitrogen functional groups attached to an aromatic ring is 1. The molecule has 0 saturated carbocycles. The third kappa shape index (κ3) is 6.90. The molecule has 5 rings (SSSR count). The Hall–Kier alpha value is -5.18. The highest BCUT2D eigenvalue weighted by Crippen LogP contribution is 2.14. The number of carbonyl (C=O) groups is 2. The van der Waals surface area contributed by atoms with Gasteiger partial charge in [0.25, 0.3) is 11.5 Å². The number of aromatic amines is 1. The molecule has 0 spiro atoms. The number of rotatable bonds is 3. The molecule has 9 nitrogen and oxygen atoms in total. The number of nitrogens with two attached hydrogens (primary N) is 2. The molecule has 0 fully saturated rings. The fourth-order valence-corrected chi connectivity index (χ4v) is 2.89. The second-order valence-corrected chi connectivity index (χ2v) is 7.03. The van der Waals surface area contributed by atoms with Crippen LogP contribution in [0, 0.1) is 0 Å². The quantitative estimate of drug-likeness (QED) is 0.272. The average molecular weight is 467 g/mol. The van der Waals surface area contributed by atoms with Crippen molar-refractivity contribution in [3.8, 4) is 11.4 Å². The average Bonchev–Trinajstić information content (AvgIpc) is 2.90. The van der Waals surface area contributed by atoms with Gasteiger partial charge in [0.05, 0.1) is 16.5 Å². The van der Waals surface area contributed by atoms with Crippen LogP contribution in [0.25, 0.3) is 22.3 Å². The van der Waals surface area contributed by atoms with Crippen LogP contribution in [0.2, 0.25) is 0 Å². The highest BCUT2D eigenvalue weighted by molar-refractivity contribution is 5.97. The van der Waals surface area contributed by atoms with E-state index in [1.165, 1.54) is 6.20 Å². The molecule has 3 heterocycles. The first-order valence-electron chi connectivity index (χ1n) is 10.4. The summed E-state index contributed by atoms with van der Waals surface area (Å²) in [5.74, 6) is 0.0555. The number of nitrogens with one attached hydrogen (secondary N) is 1. The van der Waals surface area contributed by atoms with Gasteiger partial charge in [-0.1, -0.05) is 24.3 Å². The van der Waals surface area contributed by atoms with Gasteiger partial charge in [-0.2, -0.15) is 0 Å². The highest BCUT2D eigenvalue weighted by atomic mass is 16.1. The van der Waals surface area contributed by atoms with Crippen molar-refractivity contribution in [2.75, 3.05) is 5.73 Å². The summed E-state index contributed by atoms with van der Waals surface area (Å²) < 4.78 is 0. The van der Waals surface area contributed by atoms with E-state index in [-0.39, 0.29) is 5.56 Å². The molecule has 0 unspecified atom stereocenters. The molecule has 5 aromatic rings. The SMILES string of the molecule is NC(=O)c1ccccc1N.O=Cc1cccnc1.O=c1[nH]c(-c2cccnc2)nc2ccccc12. The molecular formula is C26H22N6O3. The van der Waals surface area contributed by atoms with Gasteiger partial charge in [0.15, 0.2) is 6.29 Å². The van der Waals surface area contributed by atoms with Crippen molar-refractivity contribution in [1.82, 2.24) is 19.9 Å². The number of aldehydes is 1. The van der Waals surface area contributed by atoms with E-state index in [0.717, 1.165) is 11.8 Å². The Labute approximate surface area is 200 Å². The molecule has 35 heavy (non-hydrogen) atoms. The second kappa shape index (κ2) is 12.2. The molecule has 5 N–H and O–H groups in total. The zero-order chi connectivity index (χ0) is 25.0. The van der Waals surface area contributed by atoms with Crippen molar-refractivity contribution in [2.45, 2.75) is 0 Å². The summed E-state index contributed by atoms with van der Waals surface area (Å²) in [5, 5.41) is 0.597. The number of anilines is 1. The third-order valence-electron chi connectivity index (χ3n) is 4.59. The molecule has 3 aromatic heterocycles. The summed E-state index contributed by atoms with van der Waals surface area (Å²) in [6, 6.07) is 21.1. The third-order valence-corrected chi connectivity index (χ3v) is 4.59. The Kier molecular flexibility index (Phi) is 8.50. The molecule has 0 saturated heterocycles. The van der Waals surface area contributed by atoms with E-state index in [1.54, 1.807) is 61.1 Å². The normalized spacial score (nSPS) is 9.71. The van der Waals surface area contributed by atoms with Crippen molar-refractivity contribution >= 4 is 28.8 Å². The Bertz CT molecular complexity index is 1470. The summed E-state index contributed by atoms with van der Waals surface area (Å²) in [6.45, 7) is 0. The maximum absolute atomic E-state index is 11.9. The molecule has 2 aromatic carbocycles. The van der Waals surface area contributed by atoms with Crippen LogP contribution in [0.3, 0.4) is 0 Å². The molecule has 0 atom stereocenters. The predicted octanol–water partition coefficient (Wildman–Crippen LogP) is 3.25. The first-order valence-corrected chi connectivity index (χ1v) is 10.4. The van der Waals surface area contributed by atoms with Gasteiger partial charge < -0.3 is 16.5 Å². The lowest BCUT2D eigenvalue weighted by atomic mass is 10.2. The number of H-pyrrole nitrogens is 1. The molecule has 0 aliphatic heterocycles. The minimum Gasteiger partial charge on any atom is -0.398 e. The topological polar surface area (TPSA) is 158 Å². The zero-order valence-corrected chi connectivity index (χ0v) is 18.5. The van der Waals surface area contributed by atoms with E-state index in [4.69, 9.17) is 11.5 Å². The smallest absolute Gasteiger partial charge is 0.259 e. The number of benzene rings is 2. The van der Waals surface area contributed by atoms with Crippen molar-refractivity contribution in [2.24, 2.45) is 5.73 Å². The van der Waals surface area contributed by atoms with Crippen molar-refractivity contribution in [1.29, 1.82) is 0 Å². The van der Waals surface area contributed by atoms with Gasteiger partial charge in [-0.25, -0.2) is 4.98 Å². The van der Waals surface area contributed by atoms with Crippen LogP contribution in [0.1, 0.15) is 20.7 Å². The van der Waals surface area contributed by atoms with Crippen LogP contribution in [0.5, 0.6) is 0 Å². The van der Waals surface area contributed by atoms with E-state index < -0.39 is 5.91 Å². The Balaban J connectivity index is 0.000000162. The number of amides is 1. The number of nitrogens with zero attached hydrogens (tertiary/aromatic N) is 3. The van der Waals surface area contributed by atoms with Crippen molar-refractivity contribution in [3.05, 3.63) is 119 Å². The number of hydrogen-bond donors (Lipinski definition) is 3. The number of primary amides is 1. The van der Waals surface area contributed by atoms with Gasteiger partial charge in [-0.3, -0.25) is 24.4 Å². The molecule has 0 aliphatic carbocycles. The molecule has 9 heteroatoms. The largest absolute Gasteiger partial charge is 0.398 e. The maximum Gasteiger partial charge on any atom is 0.259 e. The maximum atomic E-state index is 11.9. The van der Waals surface area contributed by atoms with Gasteiger partial charge in [-0.15, -0.1) is 0 Å². The molecule has 0 aliphatic rings. The summed E-state index contributed by atoms with van der Waals surface area (Å²) in [7, 11) is 0. The van der Waals surface area contributed by atoms with E-state index in [0.29, 0.717) is 33.5 Å². The van der Waals surface area contributed by atoms with Crippen molar-refractivity contribution in [3.63, 3.8) is 0 Å². The van der Waals surface area contributed by atoms with E-state index in [1.807, 2.05) is 30.3 Å². The van der Waals surface area contributed by atoms with Crippen LogP contribution in [0.4, 0.5) is 5.69 Å². The zero-order valence-electron chi connectivity index (χ0n) is 18.5. The predicted molar refractivity (Wildman–Crippen MR) is 135 cm³/mol. The fraction of sp³-hybridized carbons (Fsp3) is 0. The van der Waals surface area contributed by atoms with E-state index >= 15 is 0 Å². The Morgan fingerprint density at radius 1 is 0.857 bits per heavy atom. The molecule has 0 radical (unpaired) electrons. The van der Waals surface area contributed by atoms with E-state index in [9.17, 15) is 14.4 Å². The number of pyridine rings is 2. The van der Waals surface area contributed by atoms with Crippen molar-refractivity contribution < 1.29 is 9.59 Å². The van der Waals surface area contributed by atoms with Crippen LogP contribution < -0.4 is 17.0 Å². The van der Waals surface area contributed by atoms with E-state index in [2.05, 4.69) is 19.9 Å². The first kappa shape index (κ1) is 24.5. The monoisotopic (exact) mass is 466 g/mol. The summed E-state index contributed by atoms with van der Waals surface area (Å²) >= 11 is 0. The van der Waals surface area contributed by atoms with Gasteiger partial charge >= 0.3 is 0 Å². The lowest BCUT2D eigenvalue weighted by Gasteiger charge is -2.01.